The van der Waals surface area contributed by atoms with Gasteiger partial charge < -0.3 is 14.7 Å². The quantitative estimate of drug-likeness (QED) is 0.797. The number of nitrogens with zero attached hydrogens (tertiary/aromatic N) is 1. The van der Waals surface area contributed by atoms with Crippen LogP contribution in [0.2, 0.25) is 0 Å². The van der Waals surface area contributed by atoms with E-state index in [2.05, 4.69) is 0 Å². The molecule has 29 heavy (non-hydrogen) atoms. The van der Waals surface area contributed by atoms with Gasteiger partial charge in [0.1, 0.15) is 11.6 Å². The summed E-state index contributed by atoms with van der Waals surface area (Å²) in [5.41, 5.74) is 0.369. The van der Waals surface area contributed by atoms with Crippen LogP contribution < -0.4 is 4.74 Å². The molecule has 6 heteroatoms. The summed E-state index contributed by atoms with van der Waals surface area (Å²) in [4.78, 5) is 25.8. The lowest BCUT2D eigenvalue weighted by molar-refractivity contribution is -0.152. The Kier molecular flexibility index (Phi) is 6.20. The number of carboxylic acid groups (broad SMARTS) is 1. The molecule has 1 saturated heterocycles. The molecule has 0 spiro atoms. The number of amides is 1. The van der Waals surface area contributed by atoms with Crippen molar-refractivity contribution >= 4 is 11.9 Å². The van der Waals surface area contributed by atoms with E-state index in [-0.39, 0.29) is 24.1 Å². The van der Waals surface area contributed by atoms with Crippen LogP contribution in [0.1, 0.15) is 43.7 Å². The molecule has 0 bridgehead atoms. The molecule has 3 rings (SSSR count). The second-order valence-electron chi connectivity index (χ2n) is 7.98. The summed E-state index contributed by atoms with van der Waals surface area (Å²) in [6.07, 6.45) is 2.00. The first kappa shape index (κ1) is 20.8. The van der Waals surface area contributed by atoms with Crippen molar-refractivity contribution in [2.45, 2.75) is 44.6 Å². The maximum atomic E-state index is 13.4. The normalized spacial score (nSPS) is 17.1. The van der Waals surface area contributed by atoms with Gasteiger partial charge in [0, 0.05) is 19.0 Å². The summed E-state index contributed by atoms with van der Waals surface area (Å²) in [5, 5.41) is 9.26. The zero-order valence-electron chi connectivity index (χ0n) is 16.7. The fraction of sp³-hybridized carbons (Fsp3) is 0.391. The second-order valence-corrected chi connectivity index (χ2v) is 7.98. The average Bonchev–Trinajstić information content (AvgIpc) is 2.68. The molecule has 1 N–H and O–H groups in total. The Bertz CT molecular complexity index is 896. The van der Waals surface area contributed by atoms with Crippen molar-refractivity contribution in [3.05, 3.63) is 65.5 Å². The number of piperidine rings is 1. The summed E-state index contributed by atoms with van der Waals surface area (Å²) >= 11 is 0. The smallest absolute Gasteiger partial charge is 0.347 e. The van der Waals surface area contributed by atoms with Crippen LogP contribution in [0.25, 0.3) is 0 Å². The van der Waals surface area contributed by atoms with Gasteiger partial charge in [-0.25, -0.2) is 9.18 Å². The molecule has 0 aliphatic carbocycles. The molecule has 2 aromatic carbocycles. The van der Waals surface area contributed by atoms with E-state index in [1.165, 1.54) is 26.0 Å². The first-order valence-corrected chi connectivity index (χ1v) is 9.79. The van der Waals surface area contributed by atoms with E-state index < -0.39 is 11.6 Å². The summed E-state index contributed by atoms with van der Waals surface area (Å²) < 4.78 is 19.0. The van der Waals surface area contributed by atoms with Crippen molar-refractivity contribution in [2.75, 3.05) is 13.1 Å². The Labute approximate surface area is 170 Å². The molecule has 1 fully saturated rings. The maximum Gasteiger partial charge on any atom is 0.347 e. The van der Waals surface area contributed by atoms with Gasteiger partial charge in [-0.2, -0.15) is 0 Å². The number of hydrogen-bond donors (Lipinski definition) is 1. The van der Waals surface area contributed by atoms with Crippen LogP contribution in [0.4, 0.5) is 4.39 Å². The SMILES string of the molecule is CC(C)(Oc1cccc(C2CCCN(C(=O)Cc3cccc(F)c3)C2)c1)C(=O)O. The van der Waals surface area contributed by atoms with Crippen LogP contribution in [0.5, 0.6) is 5.75 Å². The standard InChI is InChI=1S/C23H26FNO4/c1-23(2,22(27)28)29-20-10-4-7-17(14-20)18-8-5-11-25(15-18)21(26)13-16-6-3-9-19(24)12-16/h3-4,6-7,9-10,12,14,18H,5,8,11,13,15H2,1-2H3,(H,27,28). The number of rotatable bonds is 6. The number of likely N-dealkylation sites (tertiary alicyclic amines) is 1. The van der Waals surface area contributed by atoms with E-state index >= 15 is 0 Å². The first-order valence-electron chi connectivity index (χ1n) is 9.79. The number of carboxylic acids is 1. The molecule has 154 valence electrons. The minimum Gasteiger partial charge on any atom is -0.478 e. The molecule has 1 heterocycles. The van der Waals surface area contributed by atoms with Crippen molar-refractivity contribution in [1.82, 2.24) is 4.90 Å². The van der Waals surface area contributed by atoms with Gasteiger partial charge in [-0.1, -0.05) is 24.3 Å². The van der Waals surface area contributed by atoms with E-state index in [4.69, 9.17) is 4.74 Å². The van der Waals surface area contributed by atoms with Gasteiger partial charge in [0.15, 0.2) is 5.60 Å². The zero-order valence-corrected chi connectivity index (χ0v) is 16.7. The number of carbonyl (C=O) groups excluding carboxylic acids is 1. The lowest BCUT2D eigenvalue weighted by atomic mass is 9.90. The Morgan fingerprint density at radius 3 is 2.69 bits per heavy atom. The summed E-state index contributed by atoms with van der Waals surface area (Å²) in [6.45, 7) is 4.29. The largest absolute Gasteiger partial charge is 0.478 e. The van der Waals surface area contributed by atoms with Gasteiger partial charge in [-0.05, 0) is 62.1 Å². The molecule has 1 aliphatic heterocycles. The van der Waals surface area contributed by atoms with E-state index in [0.29, 0.717) is 24.4 Å². The highest BCUT2D eigenvalue weighted by atomic mass is 19.1. The fourth-order valence-electron chi connectivity index (χ4n) is 3.58. The lowest BCUT2D eigenvalue weighted by Crippen LogP contribution is -2.40. The molecular formula is C23H26FNO4. The third-order valence-corrected chi connectivity index (χ3v) is 5.24. The van der Waals surface area contributed by atoms with Gasteiger partial charge in [-0.3, -0.25) is 4.79 Å². The second kappa shape index (κ2) is 8.64. The molecule has 1 atom stereocenters. The van der Waals surface area contributed by atoms with E-state index in [1.54, 1.807) is 18.2 Å². The summed E-state index contributed by atoms with van der Waals surface area (Å²) in [5.74, 6) is -0.739. The van der Waals surface area contributed by atoms with E-state index in [9.17, 15) is 19.1 Å². The average molecular weight is 399 g/mol. The monoisotopic (exact) mass is 399 g/mol. The van der Waals surface area contributed by atoms with E-state index in [1.807, 2.05) is 23.1 Å². The third-order valence-electron chi connectivity index (χ3n) is 5.24. The third kappa shape index (κ3) is 5.34. The maximum absolute atomic E-state index is 13.4. The van der Waals surface area contributed by atoms with Crippen molar-refractivity contribution < 1.29 is 23.8 Å². The fourth-order valence-corrected chi connectivity index (χ4v) is 3.58. The number of carbonyl (C=O) groups is 2. The molecule has 1 unspecified atom stereocenters. The molecular weight excluding hydrogens is 373 g/mol. The zero-order chi connectivity index (χ0) is 21.0. The Morgan fingerprint density at radius 2 is 1.97 bits per heavy atom. The molecule has 0 radical (unpaired) electrons. The number of benzene rings is 2. The van der Waals surface area contributed by atoms with Crippen molar-refractivity contribution in [3.8, 4) is 5.75 Å². The van der Waals surface area contributed by atoms with Crippen LogP contribution in [-0.4, -0.2) is 40.6 Å². The van der Waals surface area contributed by atoms with Gasteiger partial charge in [0.2, 0.25) is 5.91 Å². The number of aliphatic carboxylic acids is 1. The molecule has 2 aromatic rings. The van der Waals surface area contributed by atoms with Gasteiger partial charge in [0.05, 0.1) is 6.42 Å². The summed E-state index contributed by atoms with van der Waals surface area (Å²) in [7, 11) is 0. The lowest BCUT2D eigenvalue weighted by Gasteiger charge is -2.33. The van der Waals surface area contributed by atoms with Gasteiger partial charge in [-0.15, -0.1) is 0 Å². The van der Waals surface area contributed by atoms with Crippen molar-refractivity contribution in [1.29, 1.82) is 0 Å². The highest BCUT2D eigenvalue weighted by Gasteiger charge is 2.30. The van der Waals surface area contributed by atoms with Gasteiger partial charge in [0.25, 0.3) is 0 Å². The Morgan fingerprint density at radius 1 is 1.21 bits per heavy atom. The number of hydrogen-bond acceptors (Lipinski definition) is 3. The minimum absolute atomic E-state index is 0.0142. The Balaban J connectivity index is 1.68. The number of halogens is 1. The van der Waals surface area contributed by atoms with E-state index in [0.717, 1.165) is 18.4 Å². The van der Waals surface area contributed by atoms with Crippen LogP contribution in [0.3, 0.4) is 0 Å². The predicted molar refractivity (Wildman–Crippen MR) is 107 cm³/mol. The molecule has 5 nitrogen and oxygen atoms in total. The van der Waals surface area contributed by atoms with Crippen molar-refractivity contribution in [3.63, 3.8) is 0 Å². The molecule has 0 saturated carbocycles. The van der Waals surface area contributed by atoms with Crippen LogP contribution >= 0.6 is 0 Å². The number of ether oxygens (including phenoxy) is 1. The van der Waals surface area contributed by atoms with Crippen molar-refractivity contribution in [2.24, 2.45) is 0 Å². The van der Waals surface area contributed by atoms with Gasteiger partial charge >= 0.3 is 5.97 Å². The van der Waals surface area contributed by atoms with Crippen LogP contribution in [0, 0.1) is 5.82 Å². The minimum atomic E-state index is -1.32. The van der Waals surface area contributed by atoms with Crippen LogP contribution in [0.15, 0.2) is 48.5 Å². The molecule has 1 aliphatic rings. The predicted octanol–water partition coefficient (Wildman–Crippen LogP) is 4.02. The Hall–Kier alpha value is -2.89. The van der Waals surface area contributed by atoms with Crippen LogP contribution in [-0.2, 0) is 16.0 Å². The summed E-state index contributed by atoms with van der Waals surface area (Å²) in [6, 6.07) is 13.5. The first-order chi connectivity index (χ1) is 13.7. The molecule has 0 aromatic heterocycles. The molecule has 1 amide bonds. The highest BCUT2D eigenvalue weighted by Crippen LogP contribution is 2.30. The topological polar surface area (TPSA) is 66.8 Å². The highest BCUT2D eigenvalue weighted by molar-refractivity contribution is 5.79.